The molecule has 0 bridgehead atoms. The number of aromatic nitrogens is 1. The van der Waals surface area contributed by atoms with E-state index in [0.29, 0.717) is 0 Å². The lowest BCUT2D eigenvalue weighted by atomic mass is 10.1. The van der Waals surface area contributed by atoms with Crippen LogP contribution in [0.4, 0.5) is 30.2 Å². The predicted molar refractivity (Wildman–Crippen MR) is 104 cm³/mol. The summed E-state index contributed by atoms with van der Waals surface area (Å²) in [5.74, 6) is -0.785. The van der Waals surface area contributed by atoms with E-state index in [2.05, 4.69) is 15.6 Å². The largest absolute Gasteiger partial charge is 0.416 e. The number of carbonyl (C=O) groups excluding carboxylic acids is 1. The van der Waals surface area contributed by atoms with Crippen LogP contribution in [0.15, 0.2) is 67.0 Å². The Morgan fingerprint density at radius 3 is 2.57 bits per heavy atom. The molecule has 0 fully saturated rings. The van der Waals surface area contributed by atoms with Crippen molar-refractivity contribution in [2.24, 2.45) is 0 Å². The number of halogens is 3. The number of alkyl halides is 3. The van der Waals surface area contributed by atoms with Gasteiger partial charge >= 0.3 is 6.18 Å². The number of pyridine rings is 1. The number of non-ortho nitro benzene ring substituents is 1. The zero-order chi connectivity index (χ0) is 21.7. The Morgan fingerprint density at radius 1 is 1.10 bits per heavy atom. The van der Waals surface area contributed by atoms with Crippen molar-refractivity contribution in [3.8, 4) is 0 Å². The Hall–Kier alpha value is -3.95. The molecule has 0 atom stereocenters. The molecule has 154 valence electrons. The molecule has 3 rings (SSSR count). The van der Waals surface area contributed by atoms with Gasteiger partial charge in [0.15, 0.2) is 0 Å². The molecule has 2 N–H and O–H groups in total. The van der Waals surface area contributed by atoms with Crippen LogP contribution in [0, 0.1) is 10.1 Å². The summed E-state index contributed by atoms with van der Waals surface area (Å²) in [6.45, 7) is 0.287. The van der Waals surface area contributed by atoms with Crippen LogP contribution in [0.2, 0.25) is 0 Å². The van der Waals surface area contributed by atoms with Gasteiger partial charge in [0, 0.05) is 42.4 Å². The highest BCUT2D eigenvalue weighted by atomic mass is 19.4. The molecule has 0 aliphatic carbocycles. The molecule has 0 aliphatic heterocycles. The minimum absolute atomic E-state index is 0.0782. The molecule has 1 heterocycles. The zero-order valence-corrected chi connectivity index (χ0v) is 15.3. The van der Waals surface area contributed by atoms with Crippen molar-refractivity contribution >= 4 is 23.0 Å². The summed E-state index contributed by atoms with van der Waals surface area (Å²) in [4.78, 5) is 27.1. The van der Waals surface area contributed by atoms with Gasteiger partial charge in [-0.05, 0) is 35.9 Å². The van der Waals surface area contributed by atoms with Crippen LogP contribution in [0.5, 0.6) is 0 Å². The summed E-state index contributed by atoms with van der Waals surface area (Å²) in [6.07, 6.45) is -1.35. The summed E-state index contributed by atoms with van der Waals surface area (Å²) in [5.41, 5.74) is -0.315. The van der Waals surface area contributed by atoms with Gasteiger partial charge in [0.1, 0.15) is 0 Å². The Labute approximate surface area is 168 Å². The first-order valence-corrected chi connectivity index (χ1v) is 8.64. The standard InChI is InChI=1S/C20H15F3N4O3/c21-20(22,23)14-4-1-5-15(9-14)26-19(28)17-10-16(27(29)30)6-7-18(17)25-12-13-3-2-8-24-11-13/h1-11,25H,12H2,(H,26,28). The third-order valence-electron chi connectivity index (χ3n) is 4.11. The molecule has 2 aromatic carbocycles. The number of hydrogen-bond donors (Lipinski definition) is 2. The highest BCUT2D eigenvalue weighted by Gasteiger charge is 2.30. The molecule has 10 heteroatoms. The Kier molecular flexibility index (Phi) is 5.95. The maximum Gasteiger partial charge on any atom is 0.416 e. The van der Waals surface area contributed by atoms with Crippen LogP contribution in [0.3, 0.4) is 0 Å². The minimum Gasteiger partial charge on any atom is -0.380 e. The van der Waals surface area contributed by atoms with Crippen molar-refractivity contribution in [3.63, 3.8) is 0 Å². The summed E-state index contributed by atoms with van der Waals surface area (Å²) in [5, 5.41) is 16.5. The van der Waals surface area contributed by atoms with Crippen LogP contribution in [0.25, 0.3) is 0 Å². The first-order valence-electron chi connectivity index (χ1n) is 8.64. The summed E-state index contributed by atoms with van der Waals surface area (Å²) >= 11 is 0. The smallest absolute Gasteiger partial charge is 0.380 e. The second kappa shape index (κ2) is 8.60. The average Bonchev–Trinajstić information content (AvgIpc) is 2.72. The summed E-state index contributed by atoms with van der Waals surface area (Å²) in [6, 6.07) is 11.3. The van der Waals surface area contributed by atoms with E-state index in [1.165, 1.54) is 18.2 Å². The van der Waals surface area contributed by atoms with Gasteiger partial charge in [-0.2, -0.15) is 13.2 Å². The van der Waals surface area contributed by atoms with E-state index in [0.717, 1.165) is 29.8 Å². The molecular weight excluding hydrogens is 401 g/mol. The Morgan fingerprint density at radius 2 is 1.90 bits per heavy atom. The number of nitro benzene ring substituents is 1. The van der Waals surface area contributed by atoms with Crippen molar-refractivity contribution < 1.29 is 22.9 Å². The van der Waals surface area contributed by atoms with Gasteiger partial charge < -0.3 is 10.6 Å². The first kappa shape index (κ1) is 20.8. The minimum atomic E-state index is -4.57. The van der Waals surface area contributed by atoms with E-state index in [-0.39, 0.29) is 29.2 Å². The van der Waals surface area contributed by atoms with E-state index in [4.69, 9.17) is 0 Å². The topological polar surface area (TPSA) is 97.2 Å². The van der Waals surface area contributed by atoms with Crippen LogP contribution in [-0.4, -0.2) is 15.8 Å². The third kappa shape index (κ3) is 5.10. The van der Waals surface area contributed by atoms with E-state index in [9.17, 15) is 28.1 Å². The lowest BCUT2D eigenvalue weighted by Crippen LogP contribution is -2.16. The van der Waals surface area contributed by atoms with Gasteiger partial charge in [-0.15, -0.1) is 0 Å². The second-order valence-corrected chi connectivity index (χ2v) is 6.23. The normalized spacial score (nSPS) is 11.0. The summed E-state index contributed by atoms with van der Waals surface area (Å²) in [7, 11) is 0. The Balaban J connectivity index is 1.87. The van der Waals surface area contributed by atoms with Crippen LogP contribution >= 0.6 is 0 Å². The number of rotatable bonds is 6. The number of carbonyl (C=O) groups is 1. The van der Waals surface area contributed by atoms with E-state index in [1.54, 1.807) is 24.5 Å². The van der Waals surface area contributed by atoms with Crippen LogP contribution < -0.4 is 10.6 Å². The monoisotopic (exact) mass is 416 g/mol. The van der Waals surface area contributed by atoms with Crippen molar-refractivity contribution in [1.29, 1.82) is 0 Å². The first-order chi connectivity index (χ1) is 14.2. The molecule has 0 spiro atoms. The average molecular weight is 416 g/mol. The van der Waals surface area contributed by atoms with Crippen LogP contribution in [-0.2, 0) is 12.7 Å². The van der Waals surface area contributed by atoms with Crippen molar-refractivity contribution in [3.05, 3.63) is 93.8 Å². The van der Waals surface area contributed by atoms with Gasteiger partial charge in [0.25, 0.3) is 11.6 Å². The zero-order valence-electron chi connectivity index (χ0n) is 15.3. The molecule has 3 aromatic rings. The van der Waals surface area contributed by atoms with Crippen molar-refractivity contribution in [2.45, 2.75) is 12.7 Å². The van der Waals surface area contributed by atoms with Gasteiger partial charge in [-0.25, -0.2) is 0 Å². The lowest BCUT2D eigenvalue weighted by molar-refractivity contribution is -0.384. The van der Waals surface area contributed by atoms with E-state index in [1.807, 2.05) is 0 Å². The highest BCUT2D eigenvalue weighted by Crippen LogP contribution is 2.31. The maximum atomic E-state index is 12.9. The van der Waals surface area contributed by atoms with E-state index >= 15 is 0 Å². The number of anilines is 2. The molecule has 7 nitrogen and oxygen atoms in total. The number of nitrogens with zero attached hydrogens (tertiary/aromatic N) is 2. The third-order valence-corrected chi connectivity index (χ3v) is 4.11. The highest BCUT2D eigenvalue weighted by molar-refractivity contribution is 6.08. The van der Waals surface area contributed by atoms with E-state index < -0.39 is 22.6 Å². The molecular formula is C20H15F3N4O3. The predicted octanol–water partition coefficient (Wildman–Crippen LogP) is 4.87. The maximum absolute atomic E-state index is 12.9. The fourth-order valence-corrected chi connectivity index (χ4v) is 2.66. The number of amides is 1. The molecule has 0 aliphatic rings. The van der Waals surface area contributed by atoms with Crippen molar-refractivity contribution in [1.82, 2.24) is 4.98 Å². The molecule has 0 saturated heterocycles. The van der Waals surface area contributed by atoms with Gasteiger partial charge in [-0.1, -0.05) is 12.1 Å². The molecule has 0 saturated carbocycles. The summed E-state index contributed by atoms with van der Waals surface area (Å²) < 4.78 is 38.7. The quantitative estimate of drug-likeness (QED) is 0.441. The van der Waals surface area contributed by atoms with Crippen LogP contribution in [0.1, 0.15) is 21.5 Å². The van der Waals surface area contributed by atoms with Gasteiger partial charge in [0.05, 0.1) is 16.1 Å². The molecule has 30 heavy (non-hydrogen) atoms. The number of benzene rings is 2. The van der Waals surface area contributed by atoms with Gasteiger partial charge in [0.2, 0.25) is 0 Å². The number of nitro groups is 1. The Bertz CT molecular complexity index is 1070. The SMILES string of the molecule is O=C(Nc1cccc(C(F)(F)F)c1)c1cc([N+](=O)[O-])ccc1NCc1cccnc1. The molecule has 1 amide bonds. The number of hydrogen-bond acceptors (Lipinski definition) is 5. The number of nitrogens with one attached hydrogen (secondary N) is 2. The molecule has 0 radical (unpaired) electrons. The fraction of sp³-hybridized carbons (Fsp3) is 0.100. The van der Waals surface area contributed by atoms with Crippen molar-refractivity contribution in [2.75, 3.05) is 10.6 Å². The second-order valence-electron chi connectivity index (χ2n) is 6.23. The lowest BCUT2D eigenvalue weighted by Gasteiger charge is -2.13. The molecule has 1 aromatic heterocycles. The van der Waals surface area contributed by atoms with Gasteiger partial charge in [-0.3, -0.25) is 19.9 Å². The fourth-order valence-electron chi connectivity index (χ4n) is 2.66. The molecule has 0 unspecified atom stereocenters.